The molecule has 0 saturated carbocycles. The maximum absolute atomic E-state index is 5.19. The van der Waals surface area contributed by atoms with Crippen LogP contribution < -0.4 is 0 Å². The van der Waals surface area contributed by atoms with Crippen LogP contribution in [0, 0.1) is 0 Å². The fourth-order valence-electron chi connectivity index (χ4n) is 5.79. The third-order valence-corrected chi connectivity index (χ3v) is 7.72. The maximum atomic E-state index is 5.19. The van der Waals surface area contributed by atoms with E-state index in [1.54, 1.807) is 6.20 Å². The molecule has 0 aliphatic rings. The van der Waals surface area contributed by atoms with Gasteiger partial charge in [0.1, 0.15) is 0 Å². The molecule has 0 amide bonds. The molecule has 8 rings (SSSR count). The van der Waals surface area contributed by atoms with Gasteiger partial charge in [-0.15, -0.1) is 0 Å². The number of hydrogen-bond acceptors (Lipinski definition) is 3. The standard InChI is InChI=1S/C37H23N3/c1-2-7-24(8-3-1)33-22-34(29-12-5-11-28(21-29)30-13-6-20-38-23-30)40-37(39-33)32-19-17-27-15-14-25-9-4-10-26-16-18-31(32)36(27)35(25)26/h1-23H. The van der Waals surface area contributed by atoms with E-state index in [-0.39, 0.29) is 0 Å². The van der Waals surface area contributed by atoms with Crippen LogP contribution >= 0.6 is 0 Å². The van der Waals surface area contributed by atoms with Gasteiger partial charge in [-0.25, -0.2) is 9.97 Å². The number of pyridine rings is 1. The minimum Gasteiger partial charge on any atom is -0.264 e. The van der Waals surface area contributed by atoms with Gasteiger partial charge in [-0.2, -0.15) is 0 Å². The van der Waals surface area contributed by atoms with Gasteiger partial charge >= 0.3 is 0 Å². The Bertz CT molecular complexity index is 2140. The van der Waals surface area contributed by atoms with Gasteiger partial charge in [0.15, 0.2) is 5.82 Å². The lowest BCUT2D eigenvalue weighted by atomic mass is 9.91. The number of nitrogens with zero attached hydrogens (tertiary/aromatic N) is 3. The lowest BCUT2D eigenvalue weighted by Gasteiger charge is -2.15. The first-order valence-corrected chi connectivity index (χ1v) is 13.4. The highest BCUT2D eigenvalue weighted by Gasteiger charge is 2.16. The summed E-state index contributed by atoms with van der Waals surface area (Å²) in [7, 11) is 0. The highest BCUT2D eigenvalue weighted by Crippen LogP contribution is 2.39. The Kier molecular flexibility index (Phi) is 5.14. The van der Waals surface area contributed by atoms with Gasteiger partial charge in [0.05, 0.1) is 11.4 Å². The van der Waals surface area contributed by atoms with Crippen LogP contribution in [0.25, 0.3) is 77.3 Å². The van der Waals surface area contributed by atoms with E-state index in [0.717, 1.165) is 45.0 Å². The molecule has 3 heteroatoms. The van der Waals surface area contributed by atoms with Gasteiger partial charge in [-0.3, -0.25) is 4.98 Å². The van der Waals surface area contributed by atoms with E-state index in [4.69, 9.17) is 9.97 Å². The molecule has 0 fully saturated rings. The molecule has 0 unspecified atom stereocenters. The Morgan fingerprint density at radius 1 is 0.425 bits per heavy atom. The van der Waals surface area contributed by atoms with Crippen molar-refractivity contribution in [1.29, 1.82) is 0 Å². The molecule has 40 heavy (non-hydrogen) atoms. The molecule has 0 radical (unpaired) electrons. The van der Waals surface area contributed by atoms with Crippen molar-refractivity contribution in [2.45, 2.75) is 0 Å². The number of aromatic nitrogens is 3. The minimum atomic E-state index is 0.723. The monoisotopic (exact) mass is 509 g/mol. The van der Waals surface area contributed by atoms with E-state index in [9.17, 15) is 0 Å². The first-order valence-electron chi connectivity index (χ1n) is 13.4. The number of hydrogen-bond donors (Lipinski definition) is 0. The zero-order valence-electron chi connectivity index (χ0n) is 21.6. The maximum Gasteiger partial charge on any atom is 0.161 e. The van der Waals surface area contributed by atoms with Gasteiger partial charge in [0.2, 0.25) is 0 Å². The molecule has 2 heterocycles. The second-order valence-electron chi connectivity index (χ2n) is 10.1. The van der Waals surface area contributed by atoms with Crippen LogP contribution in [0.4, 0.5) is 0 Å². The zero-order chi connectivity index (χ0) is 26.5. The zero-order valence-corrected chi connectivity index (χ0v) is 21.6. The van der Waals surface area contributed by atoms with E-state index in [0.29, 0.717) is 0 Å². The summed E-state index contributed by atoms with van der Waals surface area (Å²) in [6.07, 6.45) is 3.69. The SMILES string of the molecule is c1ccc(-c2cc(-c3cccc(-c4cccnc4)c3)nc(-c3ccc4ccc5cccc6ccc3c4c56)n2)cc1. The minimum absolute atomic E-state index is 0.723. The summed E-state index contributed by atoms with van der Waals surface area (Å²) in [6, 6.07) is 44.7. The van der Waals surface area contributed by atoms with Crippen LogP contribution in [0.1, 0.15) is 0 Å². The predicted octanol–water partition coefficient (Wildman–Crippen LogP) is 9.44. The van der Waals surface area contributed by atoms with E-state index < -0.39 is 0 Å². The van der Waals surface area contributed by atoms with Crippen molar-refractivity contribution in [3.8, 4) is 45.0 Å². The summed E-state index contributed by atoms with van der Waals surface area (Å²) in [5, 5.41) is 7.46. The normalized spacial score (nSPS) is 11.5. The van der Waals surface area contributed by atoms with Crippen molar-refractivity contribution in [3.63, 3.8) is 0 Å². The topological polar surface area (TPSA) is 38.7 Å². The second kappa shape index (κ2) is 9.11. The van der Waals surface area contributed by atoms with Gasteiger partial charge in [-0.05, 0) is 62.1 Å². The summed E-state index contributed by atoms with van der Waals surface area (Å²) >= 11 is 0. The van der Waals surface area contributed by atoms with Crippen molar-refractivity contribution in [2.24, 2.45) is 0 Å². The predicted molar refractivity (Wildman–Crippen MR) is 165 cm³/mol. The van der Waals surface area contributed by atoms with Crippen molar-refractivity contribution >= 4 is 32.3 Å². The highest BCUT2D eigenvalue weighted by atomic mass is 14.9. The molecule has 0 N–H and O–H groups in total. The fourth-order valence-corrected chi connectivity index (χ4v) is 5.79. The molecule has 0 saturated heterocycles. The Hall–Kier alpha value is -5.41. The summed E-state index contributed by atoms with van der Waals surface area (Å²) < 4.78 is 0. The Balaban J connectivity index is 1.38. The molecule has 0 bridgehead atoms. The van der Waals surface area contributed by atoms with Gasteiger partial charge in [0.25, 0.3) is 0 Å². The average molecular weight is 510 g/mol. The molecule has 6 aromatic carbocycles. The summed E-state index contributed by atoms with van der Waals surface area (Å²) in [5.74, 6) is 0.723. The Morgan fingerprint density at radius 2 is 1.07 bits per heavy atom. The Labute approximate surface area is 231 Å². The van der Waals surface area contributed by atoms with E-state index in [1.165, 1.54) is 32.3 Å². The number of rotatable bonds is 4. The largest absolute Gasteiger partial charge is 0.264 e. The highest BCUT2D eigenvalue weighted by molar-refractivity contribution is 6.25. The summed E-state index contributed by atoms with van der Waals surface area (Å²) in [6.45, 7) is 0. The smallest absolute Gasteiger partial charge is 0.161 e. The van der Waals surface area contributed by atoms with E-state index in [1.807, 2.05) is 18.3 Å². The van der Waals surface area contributed by atoms with E-state index >= 15 is 0 Å². The third kappa shape index (κ3) is 3.71. The molecule has 2 aromatic heterocycles. The van der Waals surface area contributed by atoms with Gasteiger partial charge in [-0.1, -0.05) is 103 Å². The van der Waals surface area contributed by atoms with Crippen molar-refractivity contribution in [3.05, 3.63) is 140 Å². The van der Waals surface area contributed by atoms with Crippen molar-refractivity contribution in [2.75, 3.05) is 0 Å². The molecular weight excluding hydrogens is 486 g/mol. The molecule has 0 aliphatic heterocycles. The van der Waals surface area contributed by atoms with Crippen LogP contribution in [0.3, 0.4) is 0 Å². The van der Waals surface area contributed by atoms with Crippen molar-refractivity contribution in [1.82, 2.24) is 15.0 Å². The van der Waals surface area contributed by atoms with Crippen molar-refractivity contribution < 1.29 is 0 Å². The molecule has 8 aromatic rings. The first-order chi connectivity index (χ1) is 19.8. The Morgan fingerprint density at radius 3 is 1.88 bits per heavy atom. The second-order valence-corrected chi connectivity index (χ2v) is 10.1. The van der Waals surface area contributed by atoms with Crippen LogP contribution in [0.2, 0.25) is 0 Å². The lowest BCUT2D eigenvalue weighted by Crippen LogP contribution is -1.97. The number of benzene rings is 6. The van der Waals surface area contributed by atoms with E-state index in [2.05, 4.69) is 120 Å². The average Bonchev–Trinajstić information content (AvgIpc) is 3.04. The van der Waals surface area contributed by atoms with Gasteiger partial charge < -0.3 is 0 Å². The summed E-state index contributed by atoms with van der Waals surface area (Å²) in [5.41, 5.74) is 7.11. The first kappa shape index (κ1) is 22.6. The van der Waals surface area contributed by atoms with Gasteiger partial charge in [0, 0.05) is 34.6 Å². The van der Waals surface area contributed by atoms with Crippen LogP contribution in [0.5, 0.6) is 0 Å². The molecular formula is C37H23N3. The lowest BCUT2D eigenvalue weighted by molar-refractivity contribution is 1.19. The molecule has 3 nitrogen and oxygen atoms in total. The molecule has 0 atom stereocenters. The van der Waals surface area contributed by atoms with Crippen LogP contribution in [0.15, 0.2) is 140 Å². The fraction of sp³-hybridized carbons (Fsp3) is 0. The molecule has 0 aliphatic carbocycles. The molecule has 186 valence electrons. The third-order valence-electron chi connectivity index (χ3n) is 7.72. The van der Waals surface area contributed by atoms with Crippen LogP contribution in [-0.4, -0.2) is 15.0 Å². The van der Waals surface area contributed by atoms with Crippen LogP contribution in [-0.2, 0) is 0 Å². The summed E-state index contributed by atoms with van der Waals surface area (Å²) in [4.78, 5) is 14.6. The quantitative estimate of drug-likeness (QED) is 0.222. The molecule has 0 spiro atoms.